The molecule has 0 saturated carbocycles. The first-order chi connectivity index (χ1) is 24.2. The number of halogens is 3. The minimum Gasteiger partial charge on any atom is -0.488 e. The quantitative estimate of drug-likeness (QED) is 0.117. The third kappa shape index (κ3) is 11.7. The van der Waals surface area contributed by atoms with Crippen molar-refractivity contribution in [1.29, 1.82) is 0 Å². The van der Waals surface area contributed by atoms with E-state index in [9.17, 15) is 32.7 Å². The summed E-state index contributed by atoms with van der Waals surface area (Å²) < 4.78 is 45.7. The summed E-state index contributed by atoms with van der Waals surface area (Å²) in [6.45, 7) is 4.66. The molecule has 1 aliphatic heterocycles. The highest BCUT2D eigenvalue weighted by Crippen LogP contribution is 2.31. The largest absolute Gasteiger partial charge is 0.488 e. The van der Waals surface area contributed by atoms with Crippen LogP contribution in [-0.2, 0) is 33.5 Å². The SMILES string of the molecule is C[C@H]1CN([C@@H](C)CO)C(=O)Cc2cc(NC(=O)CCCCCC(=O)Nc3ccccc3N)ccc2O[C@@H]1CN(C)Cc1ccc(C(F)(F)F)cc1. The molecule has 3 amide bonds. The number of hydrogen-bond acceptors (Lipinski definition) is 7. The van der Waals surface area contributed by atoms with Crippen molar-refractivity contribution in [2.75, 3.05) is 43.1 Å². The number of alkyl halides is 3. The number of nitrogen functional groups attached to an aromatic ring is 1. The molecule has 0 saturated heterocycles. The average Bonchev–Trinajstić information content (AvgIpc) is 3.12. The molecule has 0 spiro atoms. The number of nitrogens with zero attached hydrogens (tertiary/aromatic N) is 2. The molecule has 10 nitrogen and oxygen atoms in total. The maximum absolute atomic E-state index is 13.5. The van der Waals surface area contributed by atoms with E-state index in [1.807, 2.05) is 18.9 Å². The molecule has 0 fully saturated rings. The van der Waals surface area contributed by atoms with E-state index < -0.39 is 23.9 Å². The number of ether oxygens (including phenoxy) is 1. The number of aliphatic hydroxyl groups excluding tert-OH is 1. The van der Waals surface area contributed by atoms with E-state index in [0.717, 1.165) is 12.1 Å². The van der Waals surface area contributed by atoms with Gasteiger partial charge in [0.1, 0.15) is 11.9 Å². The monoisotopic (exact) mass is 711 g/mol. The lowest BCUT2D eigenvalue weighted by Crippen LogP contribution is -2.47. The Kier molecular flexibility index (Phi) is 13.9. The van der Waals surface area contributed by atoms with Crippen LogP contribution in [0.3, 0.4) is 0 Å². The lowest BCUT2D eigenvalue weighted by molar-refractivity contribution is -0.137. The third-order valence-electron chi connectivity index (χ3n) is 8.97. The predicted octanol–water partition coefficient (Wildman–Crippen LogP) is 6.10. The van der Waals surface area contributed by atoms with Gasteiger partial charge in [0.15, 0.2) is 0 Å². The van der Waals surface area contributed by atoms with Gasteiger partial charge in [0, 0.05) is 49.6 Å². The minimum absolute atomic E-state index is 0.000905. The second kappa shape index (κ2) is 18.0. The standard InChI is InChI=1S/C38H48F3N5O5/c1-25-21-46(26(2)24-47)37(50)20-28-19-30(43-35(48)11-5-4-6-12-36(49)44-32-10-8-7-9-31(32)42)17-18-33(28)51-34(25)23-45(3)22-27-13-15-29(16-14-27)38(39,40)41/h7-10,13-19,25-26,34,47H,4-6,11-12,20-24,42H2,1-3H3,(H,43,48)(H,44,49)/t25-,26-,34+/m0/s1. The van der Waals surface area contributed by atoms with Crippen molar-refractivity contribution in [3.8, 4) is 5.75 Å². The molecular weight excluding hydrogens is 663 g/mol. The van der Waals surface area contributed by atoms with Crippen molar-refractivity contribution < 1.29 is 37.4 Å². The number of rotatable bonds is 14. The van der Waals surface area contributed by atoms with E-state index in [-0.39, 0.29) is 43.1 Å². The van der Waals surface area contributed by atoms with Crippen LogP contribution in [0.1, 0.15) is 62.6 Å². The molecule has 13 heteroatoms. The lowest BCUT2D eigenvalue weighted by Gasteiger charge is -2.34. The number of carbonyl (C=O) groups is 3. The van der Waals surface area contributed by atoms with Crippen LogP contribution in [0.5, 0.6) is 5.75 Å². The second-order valence-corrected chi connectivity index (χ2v) is 13.3. The van der Waals surface area contributed by atoms with Crippen LogP contribution in [0.15, 0.2) is 66.7 Å². The Hall–Kier alpha value is -4.62. The molecule has 0 radical (unpaired) electrons. The van der Waals surface area contributed by atoms with Crippen molar-refractivity contribution >= 4 is 34.8 Å². The smallest absolute Gasteiger partial charge is 0.416 e. The number of nitrogens with one attached hydrogen (secondary N) is 2. The van der Waals surface area contributed by atoms with Gasteiger partial charge >= 0.3 is 6.18 Å². The highest BCUT2D eigenvalue weighted by atomic mass is 19.4. The zero-order valence-corrected chi connectivity index (χ0v) is 29.3. The fourth-order valence-corrected chi connectivity index (χ4v) is 6.00. The number of amides is 3. The molecule has 276 valence electrons. The van der Waals surface area contributed by atoms with E-state index >= 15 is 0 Å². The highest BCUT2D eigenvalue weighted by molar-refractivity contribution is 5.94. The molecule has 0 aromatic heterocycles. The Labute approximate surface area is 297 Å². The van der Waals surface area contributed by atoms with E-state index in [1.54, 1.807) is 54.3 Å². The van der Waals surface area contributed by atoms with E-state index in [4.69, 9.17) is 10.5 Å². The van der Waals surface area contributed by atoms with Crippen molar-refractivity contribution in [2.45, 2.75) is 77.2 Å². The number of likely N-dealkylation sites (N-methyl/N-ethyl adjacent to an activating group) is 1. The van der Waals surface area contributed by atoms with Crippen LogP contribution in [-0.4, -0.2) is 71.5 Å². The molecule has 0 unspecified atom stereocenters. The summed E-state index contributed by atoms with van der Waals surface area (Å²) in [6.07, 6.45) is -2.35. The molecule has 5 N–H and O–H groups in total. The van der Waals surface area contributed by atoms with E-state index in [1.165, 1.54) is 12.1 Å². The van der Waals surface area contributed by atoms with Gasteiger partial charge in [-0.3, -0.25) is 19.3 Å². The van der Waals surface area contributed by atoms with E-state index in [0.29, 0.717) is 79.3 Å². The lowest BCUT2D eigenvalue weighted by atomic mass is 10.0. The summed E-state index contributed by atoms with van der Waals surface area (Å²) in [6, 6.07) is 16.9. The number of anilines is 3. The molecule has 1 aliphatic rings. The van der Waals surface area contributed by atoms with Crippen molar-refractivity contribution in [3.63, 3.8) is 0 Å². The molecule has 3 aromatic rings. The zero-order chi connectivity index (χ0) is 37.1. The van der Waals surface area contributed by atoms with Crippen molar-refractivity contribution in [1.82, 2.24) is 9.80 Å². The maximum atomic E-state index is 13.5. The Bertz CT molecular complexity index is 1630. The van der Waals surface area contributed by atoms with Gasteiger partial charge < -0.3 is 31.1 Å². The van der Waals surface area contributed by atoms with Gasteiger partial charge in [0.2, 0.25) is 17.7 Å². The summed E-state index contributed by atoms with van der Waals surface area (Å²) in [5.74, 6) is -0.186. The van der Waals surface area contributed by atoms with Gasteiger partial charge in [-0.2, -0.15) is 13.2 Å². The van der Waals surface area contributed by atoms with Crippen molar-refractivity contribution in [2.24, 2.45) is 5.92 Å². The van der Waals surface area contributed by atoms with Crippen molar-refractivity contribution in [3.05, 3.63) is 83.4 Å². The Morgan fingerprint density at radius 3 is 2.33 bits per heavy atom. The number of fused-ring (bicyclic) bond motifs is 1. The summed E-state index contributed by atoms with van der Waals surface area (Å²) in [7, 11) is 1.86. The minimum atomic E-state index is -4.41. The topological polar surface area (TPSA) is 137 Å². The number of nitrogens with two attached hydrogens (primary N) is 1. The molecule has 3 aromatic carbocycles. The fourth-order valence-electron chi connectivity index (χ4n) is 6.00. The first-order valence-electron chi connectivity index (χ1n) is 17.2. The Morgan fingerprint density at radius 2 is 1.69 bits per heavy atom. The number of hydrogen-bond donors (Lipinski definition) is 4. The first kappa shape index (κ1) is 39.2. The number of para-hydroxylation sites is 2. The van der Waals surface area contributed by atoms with Gasteiger partial charge in [-0.1, -0.05) is 37.6 Å². The first-order valence-corrected chi connectivity index (χ1v) is 17.2. The molecule has 0 bridgehead atoms. The average molecular weight is 712 g/mol. The normalized spacial score (nSPS) is 17.1. The summed E-state index contributed by atoms with van der Waals surface area (Å²) in [4.78, 5) is 42.2. The van der Waals surface area contributed by atoms with Gasteiger partial charge in [0.25, 0.3) is 0 Å². The number of aliphatic hydroxyl groups is 1. The summed E-state index contributed by atoms with van der Waals surface area (Å²) in [5, 5.41) is 15.6. The van der Waals surface area contributed by atoms with Crippen LogP contribution < -0.4 is 21.1 Å². The molecule has 4 rings (SSSR count). The fraction of sp³-hybridized carbons (Fsp3) is 0.447. The van der Waals surface area contributed by atoms with Crippen LogP contribution in [0, 0.1) is 5.92 Å². The molecule has 3 atom stereocenters. The maximum Gasteiger partial charge on any atom is 0.416 e. The van der Waals surface area contributed by atoms with Gasteiger partial charge in [-0.05, 0) is 74.8 Å². The molecule has 0 aliphatic carbocycles. The Balaban J connectivity index is 1.37. The summed E-state index contributed by atoms with van der Waals surface area (Å²) in [5.41, 5.74) is 8.06. The number of carbonyl (C=O) groups excluding carboxylic acids is 3. The second-order valence-electron chi connectivity index (χ2n) is 13.3. The molecule has 51 heavy (non-hydrogen) atoms. The number of unbranched alkanes of at least 4 members (excludes halogenated alkanes) is 2. The van der Waals surface area contributed by atoms with Crippen LogP contribution in [0.25, 0.3) is 0 Å². The van der Waals surface area contributed by atoms with Gasteiger partial charge in [-0.25, -0.2) is 0 Å². The van der Waals surface area contributed by atoms with Crippen LogP contribution in [0.2, 0.25) is 0 Å². The predicted molar refractivity (Wildman–Crippen MR) is 191 cm³/mol. The zero-order valence-electron chi connectivity index (χ0n) is 29.3. The van der Waals surface area contributed by atoms with Gasteiger partial charge in [-0.15, -0.1) is 0 Å². The third-order valence-corrected chi connectivity index (χ3v) is 8.97. The van der Waals surface area contributed by atoms with E-state index in [2.05, 4.69) is 10.6 Å². The molecular formula is C38H48F3N5O5. The highest BCUT2D eigenvalue weighted by Gasteiger charge is 2.32. The number of benzene rings is 3. The molecule has 1 heterocycles. The van der Waals surface area contributed by atoms with Crippen LogP contribution >= 0.6 is 0 Å². The van der Waals surface area contributed by atoms with Gasteiger partial charge in [0.05, 0.1) is 36.0 Å². The van der Waals surface area contributed by atoms with Crippen LogP contribution in [0.4, 0.5) is 30.2 Å². The Morgan fingerprint density at radius 1 is 1.02 bits per heavy atom. The summed E-state index contributed by atoms with van der Waals surface area (Å²) >= 11 is 0.